The number of nitro benzene ring substituents is 1. The lowest BCUT2D eigenvalue weighted by atomic mass is 10.0. The van der Waals surface area contributed by atoms with Gasteiger partial charge in [-0.25, -0.2) is 0 Å². The Labute approximate surface area is 105 Å². The largest absolute Gasteiger partial charge is 0.348 e. The molecule has 0 spiro atoms. The normalized spacial score (nSPS) is 12.2. The zero-order valence-corrected chi connectivity index (χ0v) is 10.4. The summed E-state index contributed by atoms with van der Waals surface area (Å²) in [6.07, 6.45) is 0. The number of carbonyl (C=O) groups excluding carboxylic acids is 1. The molecule has 1 aromatic rings. The number of non-ortho nitro benzene ring substituents is 1. The Morgan fingerprint density at radius 2 is 2.17 bits per heavy atom. The number of rotatable bonds is 5. The molecule has 0 aromatic heterocycles. The molecule has 1 amide bonds. The van der Waals surface area contributed by atoms with Gasteiger partial charge in [-0.1, -0.05) is 19.9 Å². The molecule has 1 unspecified atom stereocenters. The predicted octanol–water partition coefficient (Wildman–Crippen LogP) is 1.31. The summed E-state index contributed by atoms with van der Waals surface area (Å²) in [7, 11) is 0. The van der Waals surface area contributed by atoms with Crippen LogP contribution in [0.5, 0.6) is 0 Å². The summed E-state index contributed by atoms with van der Waals surface area (Å²) in [5.41, 5.74) is 5.72. The topological polar surface area (TPSA) is 98.3 Å². The summed E-state index contributed by atoms with van der Waals surface area (Å²) in [4.78, 5) is 22.0. The van der Waals surface area contributed by atoms with Gasteiger partial charge in [0.15, 0.2) is 0 Å². The van der Waals surface area contributed by atoms with Crippen LogP contribution in [-0.2, 0) is 0 Å². The summed E-state index contributed by atoms with van der Waals surface area (Å²) in [6.45, 7) is 4.23. The maximum atomic E-state index is 11.9. The fourth-order valence-corrected chi connectivity index (χ4v) is 1.51. The number of hydrogen-bond acceptors (Lipinski definition) is 4. The molecule has 0 aliphatic heterocycles. The van der Waals surface area contributed by atoms with E-state index in [-0.39, 0.29) is 29.1 Å². The van der Waals surface area contributed by atoms with Crippen molar-refractivity contribution in [1.29, 1.82) is 0 Å². The van der Waals surface area contributed by atoms with Crippen LogP contribution in [0, 0.1) is 16.0 Å². The Balaban J connectivity index is 2.84. The quantitative estimate of drug-likeness (QED) is 0.608. The SMILES string of the molecule is CC(C)C(CN)NC(=O)c1cccc([N+](=O)[O-])c1. The lowest BCUT2D eigenvalue weighted by molar-refractivity contribution is -0.384. The molecule has 6 heteroatoms. The van der Waals surface area contributed by atoms with Gasteiger partial charge in [-0.15, -0.1) is 0 Å². The van der Waals surface area contributed by atoms with E-state index in [4.69, 9.17) is 5.73 Å². The summed E-state index contributed by atoms with van der Waals surface area (Å²) >= 11 is 0. The molecule has 0 fully saturated rings. The first-order chi connectivity index (χ1) is 8.45. The Kier molecular flexibility index (Phi) is 4.79. The van der Waals surface area contributed by atoms with E-state index in [0.717, 1.165) is 0 Å². The Bertz CT molecular complexity index is 446. The zero-order valence-electron chi connectivity index (χ0n) is 10.4. The van der Waals surface area contributed by atoms with E-state index in [1.54, 1.807) is 0 Å². The van der Waals surface area contributed by atoms with Crippen molar-refractivity contribution in [2.45, 2.75) is 19.9 Å². The molecule has 1 rings (SSSR count). The zero-order chi connectivity index (χ0) is 13.7. The van der Waals surface area contributed by atoms with Crippen molar-refractivity contribution in [3.8, 4) is 0 Å². The van der Waals surface area contributed by atoms with Crippen LogP contribution in [0.4, 0.5) is 5.69 Å². The molecule has 0 radical (unpaired) electrons. The molecule has 0 aliphatic rings. The average molecular weight is 251 g/mol. The second-order valence-electron chi connectivity index (χ2n) is 4.37. The minimum atomic E-state index is -0.528. The molecule has 98 valence electrons. The maximum absolute atomic E-state index is 11.9. The molecular formula is C12H17N3O3. The van der Waals surface area contributed by atoms with Crippen molar-refractivity contribution in [3.05, 3.63) is 39.9 Å². The van der Waals surface area contributed by atoms with E-state index < -0.39 is 4.92 Å². The standard InChI is InChI=1S/C12H17N3O3/c1-8(2)11(7-13)14-12(16)9-4-3-5-10(6-9)15(17)18/h3-6,8,11H,7,13H2,1-2H3,(H,14,16). The Hall–Kier alpha value is -1.95. The highest BCUT2D eigenvalue weighted by atomic mass is 16.6. The Morgan fingerprint density at radius 3 is 2.67 bits per heavy atom. The van der Waals surface area contributed by atoms with Gasteiger partial charge >= 0.3 is 0 Å². The minimum absolute atomic E-state index is 0.100. The van der Waals surface area contributed by atoms with E-state index in [9.17, 15) is 14.9 Å². The van der Waals surface area contributed by atoms with Gasteiger partial charge in [0, 0.05) is 30.3 Å². The molecule has 1 aromatic carbocycles. The van der Waals surface area contributed by atoms with Crippen LogP contribution in [-0.4, -0.2) is 23.4 Å². The van der Waals surface area contributed by atoms with Crippen LogP contribution in [0.2, 0.25) is 0 Å². The highest BCUT2D eigenvalue weighted by Crippen LogP contribution is 2.13. The van der Waals surface area contributed by atoms with Crippen molar-refractivity contribution in [2.24, 2.45) is 11.7 Å². The number of nitrogens with one attached hydrogen (secondary N) is 1. The first kappa shape index (κ1) is 14.1. The van der Waals surface area contributed by atoms with Crippen LogP contribution >= 0.6 is 0 Å². The summed E-state index contributed by atoms with van der Waals surface area (Å²) in [5, 5.41) is 13.4. The molecule has 1 atom stereocenters. The van der Waals surface area contributed by atoms with Gasteiger partial charge in [0.05, 0.1) is 4.92 Å². The highest BCUT2D eigenvalue weighted by Gasteiger charge is 2.17. The van der Waals surface area contributed by atoms with Crippen molar-refractivity contribution < 1.29 is 9.72 Å². The molecular weight excluding hydrogens is 234 g/mol. The molecule has 18 heavy (non-hydrogen) atoms. The third-order valence-corrected chi connectivity index (χ3v) is 2.69. The molecule has 0 bridgehead atoms. The summed E-state index contributed by atoms with van der Waals surface area (Å²) in [6, 6.07) is 5.48. The molecule has 0 saturated heterocycles. The number of carbonyl (C=O) groups is 1. The third kappa shape index (κ3) is 3.53. The predicted molar refractivity (Wildman–Crippen MR) is 68.2 cm³/mol. The van der Waals surface area contributed by atoms with Crippen LogP contribution in [0.25, 0.3) is 0 Å². The van der Waals surface area contributed by atoms with Crippen LogP contribution in [0.3, 0.4) is 0 Å². The number of amides is 1. The second kappa shape index (κ2) is 6.11. The van der Waals surface area contributed by atoms with Gasteiger partial charge in [0.1, 0.15) is 0 Å². The highest BCUT2D eigenvalue weighted by molar-refractivity contribution is 5.95. The second-order valence-corrected chi connectivity index (χ2v) is 4.37. The smallest absolute Gasteiger partial charge is 0.270 e. The van der Waals surface area contributed by atoms with Crippen molar-refractivity contribution in [3.63, 3.8) is 0 Å². The van der Waals surface area contributed by atoms with E-state index in [1.807, 2.05) is 13.8 Å². The average Bonchev–Trinajstić information content (AvgIpc) is 2.35. The van der Waals surface area contributed by atoms with E-state index in [2.05, 4.69) is 5.32 Å². The van der Waals surface area contributed by atoms with Crippen molar-refractivity contribution >= 4 is 11.6 Å². The minimum Gasteiger partial charge on any atom is -0.348 e. The van der Waals surface area contributed by atoms with Gasteiger partial charge in [-0.3, -0.25) is 14.9 Å². The Morgan fingerprint density at radius 1 is 1.50 bits per heavy atom. The van der Waals surface area contributed by atoms with E-state index >= 15 is 0 Å². The van der Waals surface area contributed by atoms with E-state index in [1.165, 1.54) is 24.3 Å². The third-order valence-electron chi connectivity index (χ3n) is 2.69. The van der Waals surface area contributed by atoms with Crippen LogP contribution in [0.15, 0.2) is 24.3 Å². The fraction of sp³-hybridized carbons (Fsp3) is 0.417. The lowest BCUT2D eigenvalue weighted by Gasteiger charge is -2.20. The van der Waals surface area contributed by atoms with Gasteiger partial charge in [0.2, 0.25) is 0 Å². The molecule has 0 saturated carbocycles. The van der Waals surface area contributed by atoms with Gasteiger partial charge < -0.3 is 11.1 Å². The van der Waals surface area contributed by atoms with Gasteiger partial charge in [-0.05, 0) is 12.0 Å². The number of benzene rings is 1. The molecule has 0 aliphatic carbocycles. The molecule has 6 nitrogen and oxygen atoms in total. The monoisotopic (exact) mass is 251 g/mol. The first-order valence-corrected chi connectivity index (χ1v) is 5.71. The number of hydrogen-bond donors (Lipinski definition) is 2. The fourth-order valence-electron chi connectivity index (χ4n) is 1.51. The van der Waals surface area contributed by atoms with Crippen LogP contribution in [0.1, 0.15) is 24.2 Å². The van der Waals surface area contributed by atoms with E-state index in [0.29, 0.717) is 6.54 Å². The number of nitrogens with two attached hydrogens (primary N) is 1. The summed E-state index contributed by atoms with van der Waals surface area (Å²) in [5.74, 6) is -0.138. The lowest BCUT2D eigenvalue weighted by Crippen LogP contribution is -2.43. The number of nitro groups is 1. The first-order valence-electron chi connectivity index (χ1n) is 5.71. The number of nitrogens with zero attached hydrogens (tertiary/aromatic N) is 1. The van der Waals surface area contributed by atoms with Crippen molar-refractivity contribution in [1.82, 2.24) is 5.32 Å². The van der Waals surface area contributed by atoms with Crippen LogP contribution < -0.4 is 11.1 Å². The molecule has 0 heterocycles. The van der Waals surface area contributed by atoms with Gasteiger partial charge in [0.25, 0.3) is 11.6 Å². The van der Waals surface area contributed by atoms with Gasteiger partial charge in [-0.2, -0.15) is 0 Å². The summed E-state index contributed by atoms with van der Waals surface area (Å²) < 4.78 is 0. The van der Waals surface area contributed by atoms with Crippen molar-refractivity contribution in [2.75, 3.05) is 6.54 Å². The maximum Gasteiger partial charge on any atom is 0.270 e. The molecule has 3 N–H and O–H groups in total.